The molecule has 3 saturated heterocycles. The zero-order chi connectivity index (χ0) is 19.2. The molecule has 0 bridgehead atoms. The zero-order valence-electron chi connectivity index (χ0n) is 16.5. The Morgan fingerprint density at radius 2 is 1.78 bits per heavy atom. The van der Waals surface area contributed by atoms with Crippen molar-refractivity contribution < 1.29 is 14.4 Å². The largest absolute Gasteiger partial charge is 0.354 e. The average molecular weight is 379 g/mol. The van der Waals surface area contributed by atoms with E-state index in [1.165, 1.54) is 0 Å². The number of nitrogens with zero attached hydrogens (tertiary/aromatic N) is 2. The zero-order valence-corrected chi connectivity index (χ0v) is 16.5. The minimum absolute atomic E-state index is 0.0457. The summed E-state index contributed by atoms with van der Waals surface area (Å²) >= 11 is 0. The third-order valence-corrected chi connectivity index (χ3v) is 6.20. The molecule has 3 fully saturated rings. The first kappa shape index (κ1) is 20.1. The van der Waals surface area contributed by atoms with Crippen molar-refractivity contribution in [2.75, 3.05) is 39.3 Å². The van der Waals surface area contributed by atoms with Crippen molar-refractivity contribution in [3.8, 4) is 0 Å². The van der Waals surface area contributed by atoms with Crippen molar-refractivity contribution in [2.24, 2.45) is 11.8 Å². The summed E-state index contributed by atoms with van der Waals surface area (Å²) in [6, 6.07) is -0.0457. The number of carbonyl (C=O) groups is 3. The summed E-state index contributed by atoms with van der Waals surface area (Å²) < 4.78 is 0. The van der Waals surface area contributed by atoms with E-state index >= 15 is 0 Å². The molecule has 2 N–H and O–H groups in total. The Labute approximate surface area is 162 Å². The Morgan fingerprint density at radius 3 is 2.52 bits per heavy atom. The van der Waals surface area contributed by atoms with Crippen LogP contribution in [0.5, 0.6) is 0 Å². The highest BCUT2D eigenvalue weighted by molar-refractivity contribution is 5.82. The predicted octanol–water partition coefficient (Wildman–Crippen LogP) is 0.742. The molecule has 0 aromatic rings. The van der Waals surface area contributed by atoms with Gasteiger partial charge in [0.15, 0.2) is 0 Å². The summed E-state index contributed by atoms with van der Waals surface area (Å²) in [7, 11) is 0. The summed E-state index contributed by atoms with van der Waals surface area (Å²) in [5.74, 6) is 0.691. The van der Waals surface area contributed by atoms with Crippen LogP contribution in [0.3, 0.4) is 0 Å². The maximum absolute atomic E-state index is 13.0. The number of rotatable bonds is 5. The second-order valence-corrected chi connectivity index (χ2v) is 8.22. The quantitative estimate of drug-likeness (QED) is 0.739. The molecule has 0 saturated carbocycles. The van der Waals surface area contributed by atoms with Crippen LogP contribution in [0.4, 0.5) is 0 Å². The molecule has 0 spiro atoms. The standard InChI is InChI=1S/C20H34N4O3/c1-2-18(25)23-10-5-7-16(14-23)20(27)24-11-4-6-15(13-24)12-22-19(26)17-8-3-9-21-17/h15-17,21H,2-14H2,1H3,(H,22,26). The van der Waals surface area contributed by atoms with Crippen LogP contribution in [0.1, 0.15) is 51.9 Å². The van der Waals surface area contributed by atoms with Crippen molar-refractivity contribution in [1.29, 1.82) is 0 Å². The molecule has 7 heteroatoms. The lowest BCUT2D eigenvalue weighted by Crippen LogP contribution is -2.50. The second kappa shape index (κ2) is 9.53. The van der Waals surface area contributed by atoms with Crippen LogP contribution < -0.4 is 10.6 Å². The number of amides is 3. The Balaban J connectivity index is 1.47. The van der Waals surface area contributed by atoms with E-state index in [1.54, 1.807) is 0 Å². The molecular weight excluding hydrogens is 344 g/mol. The van der Waals surface area contributed by atoms with Crippen molar-refractivity contribution in [1.82, 2.24) is 20.4 Å². The van der Waals surface area contributed by atoms with Crippen molar-refractivity contribution >= 4 is 17.7 Å². The minimum Gasteiger partial charge on any atom is -0.354 e. The van der Waals surface area contributed by atoms with Gasteiger partial charge in [-0.2, -0.15) is 0 Å². The molecule has 0 aromatic carbocycles. The molecule has 7 nitrogen and oxygen atoms in total. The van der Waals surface area contributed by atoms with Crippen LogP contribution >= 0.6 is 0 Å². The number of hydrogen-bond acceptors (Lipinski definition) is 4. The maximum atomic E-state index is 13.0. The van der Waals surface area contributed by atoms with Gasteiger partial charge in [0.1, 0.15) is 0 Å². The highest BCUT2D eigenvalue weighted by Gasteiger charge is 2.33. The fourth-order valence-corrected chi connectivity index (χ4v) is 4.60. The van der Waals surface area contributed by atoms with Gasteiger partial charge in [-0.05, 0) is 51.0 Å². The topological polar surface area (TPSA) is 81.8 Å². The Kier molecular flexibility index (Phi) is 7.10. The summed E-state index contributed by atoms with van der Waals surface area (Å²) in [6.45, 7) is 6.30. The summed E-state index contributed by atoms with van der Waals surface area (Å²) in [5, 5.41) is 6.29. The van der Waals surface area contributed by atoms with Gasteiger partial charge in [-0.15, -0.1) is 0 Å². The highest BCUT2D eigenvalue weighted by Crippen LogP contribution is 2.23. The number of hydrogen-bond donors (Lipinski definition) is 2. The summed E-state index contributed by atoms with van der Waals surface area (Å²) in [4.78, 5) is 41.0. The van der Waals surface area contributed by atoms with Crippen LogP contribution in [0.15, 0.2) is 0 Å². The molecule has 3 aliphatic heterocycles. The molecule has 3 amide bonds. The molecule has 3 atom stereocenters. The van der Waals surface area contributed by atoms with Gasteiger partial charge < -0.3 is 20.4 Å². The van der Waals surface area contributed by atoms with E-state index in [2.05, 4.69) is 10.6 Å². The molecule has 3 heterocycles. The second-order valence-electron chi connectivity index (χ2n) is 8.22. The van der Waals surface area contributed by atoms with E-state index in [-0.39, 0.29) is 29.7 Å². The van der Waals surface area contributed by atoms with Crippen LogP contribution in [0, 0.1) is 11.8 Å². The molecule has 3 unspecified atom stereocenters. The average Bonchev–Trinajstić information content (AvgIpc) is 3.26. The summed E-state index contributed by atoms with van der Waals surface area (Å²) in [5.41, 5.74) is 0. The molecule has 3 rings (SSSR count). The number of likely N-dealkylation sites (tertiary alicyclic amines) is 2. The lowest BCUT2D eigenvalue weighted by molar-refractivity contribution is -0.142. The molecule has 27 heavy (non-hydrogen) atoms. The highest BCUT2D eigenvalue weighted by atomic mass is 16.2. The number of carbonyl (C=O) groups excluding carboxylic acids is 3. The SMILES string of the molecule is CCC(=O)N1CCCC(C(=O)N2CCCC(CNC(=O)C3CCCN3)C2)C1. The van der Waals surface area contributed by atoms with E-state index in [4.69, 9.17) is 0 Å². The molecule has 3 aliphatic rings. The van der Waals surface area contributed by atoms with E-state index in [9.17, 15) is 14.4 Å². The van der Waals surface area contributed by atoms with Crippen molar-refractivity contribution in [2.45, 2.75) is 57.9 Å². The fourth-order valence-electron chi connectivity index (χ4n) is 4.60. The lowest BCUT2D eigenvalue weighted by atomic mass is 9.92. The van der Waals surface area contributed by atoms with Crippen molar-refractivity contribution in [3.63, 3.8) is 0 Å². The monoisotopic (exact) mass is 378 g/mol. The normalized spacial score (nSPS) is 28.9. The number of nitrogens with one attached hydrogen (secondary N) is 2. The van der Waals surface area contributed by atoms with E-state index in [1.807, 2.05) is 16.7 Å². The maximum Gasteiger partial charge on any atom is 0.237 e. The molecule has 152 valence electrons. The van der Waals surface area contributed by atoms with Gasteiger partial charge in [0, 0.05) is 39.1 Å². The van der Waals surface area contributed by atoms with Crippen LogP contribution in [0.2, 0.25) is 0 Å². The Bertz CT molecular complexity index is 547. The van der Waals surface area contributed by atoms with Crippen LogP contribution in [0.25, 0.3) is 0 Å². The first-order valence-electron chi connectivity index (χ1n) is 10.7. The Hall–Kier alpha value is -1.63. The predicted molar refractivity (Wildman–Crippen MR) is 103 cm³/mol. The van der Waals surface area contributed by atoms with Gasteiger partial charge >= 0.3 is 0 Å². The summed E-state index contributed by atoms with van der Waals surface area (Å²) in [6.07, 6.45) is 6.29. The van der Waals surface area contributed by atoms with Crippen molar-refractivity contribution in [3.05, 3.63) is 0 Å². The molecular formula is C20H34N4O3. The molecule has 0 aromatic heterocycles. The van der Waals surface area contributed by atoms with Crippen LogP contribution in [-0.2, 0) is 14.4 Å². The van der Waals surface area contributed by atoms with Gasteiger partial charge in [-0.1, -0.05) is 6.92 Å². The van der Waals surface area contributed by atoms with E-state index in [0.717, 1.165) is 64.7 Å². The molecule has 0 radical (unpaired) electrons. The minimum atomic E-state index is -0.0646. The van der Waals surface area contributed by atoms with E-state index < -0.39 is 0 Å². The van der Waals surface area contributed by atoms with Crippen LogP contribution in [-0.4, -0.2) is 72.8 Å². The van der Waals surface area contributed by atoms with E-state index in [0.29, 0.717) is 25.4 Å². The smallest absolute Gasteiger partial charge is 0.237 e. The molecule has 0 aliphatic carbocycles. The number of piperidine rings is 2. The lowest BCUT2D eigenvalue weighted by Gasteiger charge is -2.38. The van der Waals surface area contributed by atoms with Gasteiger partial charge in [0.2, 0.25) is 17.7 Å². The van der Waals surface area contributed by atoms with Gasteiger partial charge in [-0.25, -0.2) is 0 Å². The third kappa shape index (κ3) is 5.21. The fraction of sp³-hybridized carbons (Fsp3) is 0.850. The van der Waals surface area contributed by atoms with Gasteiger partial charge in [0.25, 0.3) is 0 Å². The van der Waals surface area contributed by atoms with Gasteiger partial charge in [0.05, 0.1) is 12.0 Å². The Morgan fingerprint density at radius 1 is 1.00 bits per heavy atom. The third-order valence-electron chi connectivity index (χ3n) is 6.20. The van der Waals surface area contributed by atoms with Gasteiger partial charge in [-0.3, -0.25) is 14.4 Å². The first-order chi connectivity index (χ1) is 13.1. The first-order valence-corrected chi connectivity index (χ1v) is 10.7.